The van der Waals surface area contributed by atoms with E-state index < -0.39 is 0 Å². The molecule has 0 spiro atoms. The van der Waals surface area contributed by atoms with Crippen molar-refractivity contribution < 1.29 is 4.79 Å². The molecule has 0 saturated heterocycles. The molecule has 0 bridgehead atoms. The van der Waals surface area contributed by atoms with Crippen molar-refractivity contribution in [2.24, 2.45) is 7.05 Å². The predicted molar refractivity (Wildman–Crippen MR) is 92.6 cm³/mol. The number of hydrogen-bond donors (Lipinski definition) is 2. The van der Waals surface area contributed by atoms with Crippen LogP contribution in [0.25, 0.3) is 11.3 Å². The van der Waals surface area contributed by atoms with Gasteiger partial charge in [0.2, 0.25) is 0 Å². The van der Waals surface area contributed by atoms with Crippen LogP contribution in [0, 0.1) is 20.8 Å². The average molecular weight is 323 g/mol. The van der Waals surface area contributed by atoms with Gasteiger partial charge in [0.25, 0.3) is 5.91 Å². The molecular weight excluding hydrogens is 302 g/mol. The van der Waals surface area contributed by atoms with Crippen molar-refractivity contribution in [3.05, 3.63) is 58.5 Å². The maximum Gasteiger partial charge on any atom is 0.269 e. The Morgan fingerprint density at radius 1 is 1.25 bits per heavy atom. The third-order valence-electron chi connectivity index (χ3n) is 4.29. The second kappa shape index (κ2) is 6.31. The second-order valence-corrected chi connectivity index (χ2v) is 5.95. The summed E-state index contributed by atoms with van der Waals surface area (Å²) >= 11 is 0. The van der Waals surface area contributed by atoms with Gasteiger partial charge in [-0.3, -0.25) is 14.6 Å². The summed E-state index contributed by atoms with van der Waals surface area (Å²) in [5.41, 5.74) is 6.32. The Kier molecular flexibility index (Phi) is 4.20. The van der Waals surface area contributed by atoms with Crippen LogP contribution in [0.4, 0.5) is 0 Å². The van der Waals surface area contributed by atoms with Crippen LogP contribution >= 0.6 is 0 Å². The molecule has 0 aliphatic heterocycles. The van der Waals surface area contributed by atoms with Gasteiger partial charge in [-0.2, -0.15) is 10.2 Å². The summed E-state index contributed by atoms with van der Waals surface area (Å²) in [7, 11) is 1.90. The number of rotatable bonds is 4. The normalized spacial score (nSPS) is 10.8. The molecule has 0 atom stereocenters. The lowest BCUT2D eigenvalue weighted by atomic mass is 10.1. The zero-order valence-corrected chi connectivity index (χ0v) is 14.3. The predicted octanol–water partition coefficient (Wildman–Crippen LogP) is 2.67. The average Bonchev–Trinajstić information content (AvgIpc) is 3.12. The van der Waals surface area contributed by atoms with Gasteiger partial charge in [0, 0.05) is 24.8 Å². The number of benzene rings is 1. The number of aryl methyl sites for hydroxylation is 3. The standard InChI is InChI=1S/C18H21N5O/c1-11-7-5-6-8-14(11)10-19-18(24)16-9-15(20-21-16)17-12(2)22-23(4)13(17)3/h5-9H,10H2,1-4H3,(H,19,24)(H,20,21). The van der Waals surface area contributed by atoms with Crippen molar-refractivity contribution in [3.8, 4) is 11.3 Å². The van der Waals surface area contributed by atoms with Gasteiger partial charge in [0.1, 0.15) is 5.69 Å². The third kappa shape index (κ3) is 2.95. The van der Waals surface area contributed by atoms with Crippen molar-refractivity contribution in [3.63, 3.8) is 0 Å². The highest BCUT2D eigenvalue weighted by atomic mass is 16.1. The topological polar surface area (TPSA) is 75.6 Å². The number of carbonyl (C=O) groups excluding carboxylic acids is 1. The lowest BCUT2D eigenvalue weighted by Crippen LogP contribution is -2.23. The maximum absolute atomic E-state index is 12.3. The van der Waals surface area contributed by atoms with Gasteiger partial charge in [0.05, 0.1) is 11.4 Å². The van der Waals surface area contributed by atoms with Gasteiger partial charge < -0.3 is 5.32 Å². The van der Waals surface area contributed by atoms with Gasteiger partial charge in [-0.15, -0.1) is 0 Å². The van der Waals surface area contributed by atoms with Gasteiger partial charge in [-0.1, -0.05) is 24.3 Å². The van der Waals surface area contributed by atoms with E-state index in [9.17, 15) is 4.79 Å². The molecule has 6 heteroatoms. The van der Waals surface area contributed by atoms with Crippen LogP contribution in [0.15, 0.2) is 30.3 Å². The Balaban J connectivity index is 1.76. The van der Waals surface area contributed by atoms with Gasteiger partial charge in [-0.05, 0) is 38.0 Å². The van der Waals surface area contributed by atoms with Crippen molar-refractivity contribution in [1.82, 2.24) is 25.3 Å². The van der Waals surface area contributed by atoms with Crippen molar-refractivity contribution in [1.29, 1.82) is 0 Å². The second-order valence-electron chi connectivity index (χ2n) is 5.95. The highest BCUT2D eigenvalue weighted by Gasteiger charge is 2.17. The van der Waals surface area contributed by atoms with E-state index in [4.69, 9.17) is 0 Å². The molecule has 2 heterocycles. The zero-order valence-electron chi connectivity index (χ0n) is 14.3. The minimum atomic E-state index is -0.170. The Labute approximate surface area is 140 Å². The molecule has 3 rings (SSSR count). The fourth-order valence-corrected chi connectivity index (χ4v) is 2.79. The smallest absolute Gasteiger partial charge is 0.269 e. The SMILES string of the molecule is Cc1ccccc1CNC(=O)c1cc(-c2c(C)nn(C)c2C)n[nH]1. The number of carbonyl (C=O) groups is 1. The number of nitrogens with zero attached hydrogens (tertiary/aromatic N) is 3. The molecule has 0 aliphatic rings. The minimum Gasteiger partial charge on any atom is -0.347 e. The Hall–Kier alpha value is -2.89. The Morgan fingerprint density at radius 2 is 2.00 bits per heavy atom. The quantitative estimate of drug-likeness (QED) is 0.775. The summed E-state index contributed by atoms with van der Waals surface area (Å²) in [5.74, 6) is -0.170. The fraction of sp³-hybridized carbons (Fsp3) is 0.278. The van der Waals surface area contributed by atoms with E-state index in [0.717, 1.165) is 33.8 Å². The van der Waals surface area contributed by atoms with Crippen LogP contribution in [0.2, 0.25) is 0 Å². The van der Waals surface area contributed by atoms with Crippen LogP contribution in [0.1, 0.15) is 33.0 Å². The van der Waals surface area contributed by atoms with Crippen LogP contribution in [-0.4, -0.2) is 25.9 Å². The summed E-state index contributed by atoms with van der Waals surface area (Å²) in [5, 5.41) is 14.4. The van der Waals surface area contributed by atoms with Crippen molar-refractivity contribution in [2.45, 2.75) is 27.3 Å². The van der Waals surface area contributed by atoms with Crippen molar-refractivity contribution in [2.75, 3.05) is 0 Å². The van der Waals surface area contributed by atoms with Gasteiger partial charge >= 0.3 is 0 Å². The molecule has 124 valence electrons. The molecule has 0 unspecified atom stereocenters. The summed E-state index contributed by atoms with van der Waals surface area (Å²) in [6.07, 6.45) is 0. The minimum absolute atomic E-state index is 0.170. The molecule has 0 radical (unpaired) electrons. The molecule has 0 fully saturated rings. The first kappa shape index (κ1) is 16.0. The molecule has 1 aromatic carbocycles. The highest BCUT2D eigenvalue weighted by molar-refractivity contribution is 5.93. The summed E-state index contributed by atoms with van der Waals surface area (Å²) in [4.78, 5) is 12.3. The number of aromatic amines is 1. The van der Waals surface area contributed by atoms with Crippen LogP contribution in [-0.2, 0) is 13.6 Å². The van der Waals surface area contributed by atoms with Crippen LogP contribution in [0.3, 0.4) is 0 Å². The van der Waals surface area contributed by atoms with E-state index in [2.05, 4.69) is 20.6 Å². The lowest BCUT2D eigenvalue weighted by molar-refractivity contribution is 0.0946. The molecule has 24 heavy (non-hydrogen) atoms. The van der Waals surface area contributed by atoms with E-state index in [1.54, 1.807) is 6.07 Å². The largest absolute Gasteiger partial charge is 0.347 e. The van der Waals surface area contributed by atoms with E-state index in [1.165, 1.54) is 0 Å². The highest BCUT2D eigenvalue weighted by Crippen LogP contribution is 2.25. The number of aromatic nitrogens is 4. The molecule has 1 amide bonds. The molecule has 0 saturated carbocycles. The molecule has 6 nitrogen and oxygen atoms in total. The number of hydrogen-bond acceptors (Lipinski definition) is 3. The number of amides is 1. The molecule has 3 aromatic rings. The summed E-state index contributed by atoms with van der Waals surface area (Å²) in [6.45, 7) is 6.45. The van der Waals surface area contributed by atoms with E-state index in [-0.39, 0.29) is 5.91 Å². The van der Waals surface area contributed by atoms with E-state index in [0.29, 0.717) is 12.2 Å². The number of nitrogens with one attached hydrogen (secondary N) is 2. The van der Waals surface area contributed by atoms with Gasteiger partial charge in [-0.25, -0.2) is 0 Å². The first-order valence-corrected chi connectivity index (χ1v) is 7.86. The molecular formula is C18H21N5O. The molecule has 2 aromatic heterocycles. The van der Waals surface area contributed by atoms with Crippen LogP contribution in [0.5, 0.6) is 0 Å². The van der Waals surface area contributed by atoms with Crippen LogP contribution < -0.4 is 5.32 Å². The van der Waals surface area contributed by atoms with Crippen molar-refractivity contribution >= 4 is 5.91 Å². The van der Waals surface area contributed by atoms with E-state index in [1.807, 2.05) is 56.8 Å². The lowest BCUT2D eigenvalue weighted by Gasteiger charge is -2.06. The first-order chi connectivity index (χ1) is 11.5. The fourth-order valence-electron chi connectivity index (χ4n) is 2.79. The zero-order chi connectivity index (χ0) is 17.3. The van der Waals surface area contributed by atoms with E-state index >= 15 is 0 Å². The molecule has 0 aliphatic carbocycles. The maximum atomic E-state index is 12.3. The Morgan fingerprint density at radius 3 is 2.67 bits per heavy atom. The number of H-pyrrole nitrogens is 1. The summed E-state index contributed by atoms with van der Waals surface area (Å²) in [6, 6.07) is 9.77. The third-order valence-corrected chi connectivity index (χ3v) is 4.29. The monoisotopic (exact) mass is 323 g/mol. The first-order valence-electron chi connectivity index (χ1n) is 7.86. The molecule has 2 N–H and O–H groups in total. The Bertz CT molecular complexity index is 891. The van der Waals surface area contributed by atoms with Gasteiger partial charge in [0.15, 0.2) is 0 Å². The summed E-state index contributed by atoms with van der Waals surface area (Å²) < 4.78 is 1.82.